The number of para-hydroxylation sites is 2. The normalized spacial score (nSPS) is 18.6. The molecule has 1 saturated heterocycles. The monoisotopic (exact) mass is 571 g/mol. The van der Waals surface area contributed by atoms with Crippen LogP contribution in [0.1, 0.15) is 31.4 Å². The van der Waals surface area contributed by atoms with Crippen LogP contribution in [0.5, 0.6) is 5.75 Å². The van der Waals surface area contributed by atoms with Crippen molar-refractivity contribution in [2.75, 3.05) is 54.4 Å². The number of ether oxygens (including phenoxy) is 1. The lowest BCUT2D eigenvalue weighted by Crippen LogP contribution is -2.48. The molecule has 0 spiro atoms. The quantitative estimate of drug-likeness (QED) is 0.386. The van der Waals surface area contributed by atoms with E-state index in [9.17, 15) is 9.18 Å². The molecule has 0 saturated carbocycles. The van der Waals surface area contributed by atoms with Gasteiger partial charge >= 0.3 is 0 Å². The molecule has 1 fully saturated rings. The van der Waals surface area contributed by atoms with Gasteiger partial charge in [0.25, 0.3) is 5.91 Å². The van der Waals surface area contributed by atoms with Crippen molar-refractivity contribution in [3.63, 3.8) is 0 Å². The van der Waals surface area contributed by atoms with Gasteiger partial charge in [0.1, 0.15) is 23.4 Å². The zero-order valence-corrected chi connectivity index (χ0v) is 24.3. The van der Waals surface area contributed by atoms with Crippen molar-refractivity contribution < 1.29 is 18.8 Å². The summed E-state index contributed by atoms with van der Waals surface area (Å²) in [5, 5.41) is 7.51. The maximum absolute atomic E-state index is 14.0. The number of carbonyl (C=O) groups excluding carboxylic acids is 1. The number of hydrogen-bond donors (Lipinski definition) is 1. The number of rotatable bonds is 9. The van der Waals surface area contributed by atoms with Crippen LogP contribution in [-0.2, 0) is 22.6 Å². The molecule has 1 N–H and O–H groups in total. The summed E-state index contributed by atoms with van der Waals surface area (Å²) in [5.74, 6) is 0.586. The highest BCUT2D eigenvalue weighted by molar-refractivity contribution is 6.44. The van der Waals surface area contributed by atoms with Gasteiger partial charge in [-0.25, -0.2) is 4.39 Å². The summed E-state index contributed by atoms with van der Waals surface area (Å²) >= 11 is 0. The van der Waals surface area contributed by atoms with Crippen molar-refractivity contribution in [3.8, 4) is 5.75 Å². The first-order valence-electron chi connectivity index (χ1n) is 14.8. The van der Waals surface area contributed by atoms with Crippen LogP contribution in [0, 0.1) is 5.82 Å². The molecule has 3 aliphatic heterocycles. The summed E-state index contributed by atoms with van der Waals surface area (Å²) in [6.45, 7) is 9.41. The molecule has 220 valence electrons. The molecule has 0 bridgehead atoms. The van der Waals surface area contributed by atoms with Crippen LogP contribution in [0.15, 0.2) is 71.9 Å². The van der Waals surface area contributed by atoms with Gasteiger partial charge < -0.3 is 24.7 Å². The Morgan fingerprint density at radius 3 is 2.62 bits per heavy atom. The number of hydrogen-bond acceptors (Lipinski definition) is 7. The maximum atomic E-state index is 14.0. The van der Waals surface area contributed by atoms with Crippen LogP contribution in [0.3, 0.4) is 0 Å². The SMILES string of the molecule is CC(C)Oc1ccccc1N1CCN(CC2CC(C(=O)N3CCc4ccc(NCc5ccccc5F)cc43)=NO2)CC1. The molecule has 6 rings (SSSR count). The largest absolute Gasteiger partial charge is 0.489 e. The van der Waals surface area contributed by atoms with Crippen molar-refractivity contribution in [1.29, 1.82) is 0 Å². The second kappa shape index (κ2) is 12.4. The molecule has 3 aromatic carbocycles. The lowest BCUT2D eigenvalue weighted by atomic mass is 10.1. The molecule has 0 aliphatic carbocycles. The van der Waals surface area contributed by atoms with E-state index in [1.54, 1.807) is 17.0 Å². The average molecular weight is 572 g/mol. The molecular weight excluding hydrogens is 533 g/mol. The lowest BCUT2D eigenvalue weighted by Gasteiger charge is -2.37. The van der Waals surface area contributed by atoms with E-state index in [0.29, 0.717) is 30.8 Å². The van der Waals surface area contributed by atoms with Crippen molar-refractivity contribution in [2.45, 2.75) is 45.4 Å². The van der Waals surface area contributed by atoms with Crippen LogP contribution in [0.25, 0.3) is 0 Å². The van der Waals surface area contributed by atoms with E-state index in [0.717, 1.165) is 67.5 Å². The molecular formula is C33H38FN5O3. The van der Waals surface area contributed by atoms with Gasteiger partial charge in [-0.05, 0) is 56.2 Å². The van der Waals surface area contributed by atoms with Gasteiger partial charge in [0.05, 0.1) is 11.8 Å². The lowest BCUT2D eigenvalue weighted by molar-refractivity contribution is -0.112. The molecule has 1 unspecified atom stereocenters. The molecule has 42 heavy (non-hydrogen) atoms. The predicted octanol–water partition coefficient (Wildman–Crippen LogP) is 5.08. The second-order valence-corrected chi connectivity index (χ2v) is 11.4. The first kappa shape index (κ1) is 28.0. The summed E-state index contributed by atoms with van der Waals surface area (Å²) in [4.78, 5) is 25.8. The average Bonchev–Trinajstić information content (AvgIpc) is 3.64. The number of fused-ring (bicyclic) bond motifs is 1. The Bertz CT molecular complexity index is 1450. The van der Waals surface area contributed by atoms with Gasteiger partial charge in [-0.2, -0.15) is 0 Å². The van der Waals surface area contributed by atoms with Gasteiger partial charge in [-0.3, -0.25) is 9.69 Å². The fraction of sp³-hybridized carbons (Fsp3) is 0.394. The summed E-state index contributed by atoms with van der Waals surface area (Å²) in [6, 6.07) is 20.9. The fourth-order valence-corrected chi connectivity index (χ4v) is 5.88. The number of halogens is 1. The highest BCUT2D eigenvalue weighted by Crippen LogP contribution is 2.33. The van der Waals surface area contributed by atoms with E-state index < -0.39 is 0 Å². The van der Waals surface area contributed by atoms with Crippen molar-refractivity contribution in [2.24, 2.45) is 5.16 Å². The minimum atomic E-state index is -0.236. The molecule has 1 atom stereocenters. The van der Waals surface area contributed by atoms with Gasteiger partial charge in [0.2, 0.25) is 0 Å². The van der Waals surface area contributed by atoms with Gasteiger partial charge in [-0.1, -0.05) is 41.6 Å². The Morgan fingerprint density at radius 1 is 1.02 bits per heavy atom. The molecule has 0 radical (unpaired) electrons. The molecule has 9 heteroatoms. The molecule has 3 heterocycles. The molecule has 0 aromatic heterocycles. The first-order valence-corrected chi connectivity index (χ1v) is 14.8. The Hall–Kier alpha value is -4.11. The first-order chi connectivity index (χ1) is 20.4. The van der Waals surface area contributed by atoms with Crippen LogP contribution < -0.4 is 19.9 Å². The number of amides is 1. The number of oxime groups is 1. The zero-order valence-electron chi connectivity index (χ0n) is 24.3. The predicted molar refractivity (Wildman–Crippen MR) is 164 cm³/mol. The van der Waals surface area contributed by atoms with E-state index in [-0.39, 0.29) is 23.9 Å². The number of nitrogens with one attached hydrogen (secondary N) is 1. The van der Waals surface area contributed by atoms with Crippen molar-refractivity contribution >= 4 is 28.7 Å². The topological polar surface area (TPSA) is 69.6 Å². The number of carbonyl (C=O) groups is 1. The standard InChI is InChI=1S/C33H38FN5O3/c1-23(2)41-32-10-6-5-9-30(32)38-17-15-37(16-18-38)22-27-20-29(36-42-27)33(40)39-14-13-24-11-12-26(19-31(24)39)35-21-25-7-3-4-8-28(25)34/h3-12,19,23,27,35H,13-18,20-22H2,1-2H3. The number of piperazine rings is 1. The molecule has 1 amide bonds. The third-order valence-corrected chi connectivity index (χ3v) is 8.05. The van der Waals surface area contributed by atoms with Crippen LogP contribution in [-0.4, -0.2) is 68.0 Å². The third-order valence-electron chi connectivity index (χ3n) is 8.05. The van der Waals surface area contributed by atoms with E-state index >= 15 is 0 Å². The van der Waals surface area contributed by atoms with Gasteiger partial charge in [0, 0.05) is 69.2 Å². The number of nitrogens with zero attached hydrogens (tertiary/aromatic N) is 4. The summed E-state index contributed by atoms with van der Waals surface area (Å²) in [6.07, 6.45) is 1.29. The van der Waals surface area contributed by atoms with Crippen molar-refractivity contribution in [3.05, 3.63) is 83.7 Å². The third kappa shape index (κ3) is 6.21. The van der Waals surface area contributed by atoms with Crippen LogP contribution >= 0.6 is 0 Å². The highest BCUT2D eigenvalue weighted by Gasteiger charge is 2.34. The Balaban J connectivity index is 1.01. The van der Waals surface area contributed by atoms with E-state index in [2.05, 4.69) is 32.4 Å². The minimum absolute atomic E-state index is 0.103. The van der Waals surface area contributed by atoms with E-state index in [4.69, 9.17) is 9.57 Å². The second-order valence-electron chi connectivity index (χ2n) is 11.4. The Morgan fingerprint density at radius 2 is 1.81 bits per heavy atom. The van der Waals surface area contributed by atoms with Crippen LogP contribution in [0.2, 0.25) is 0 Å². The smallest absolute Gasteiger partial charge is 0.276 e. The molecule has 3 aromatic rings. The maximum Gasteiger partial charge on any atom is 0.276 e. The minimum Gasteiger partial charge on any atom is -0.489 e. The number of anilines is 3. The van der Waals surface area contributed by atoms with E-state index in [1.165, 1.54) is 6.07 Å². The van der Waals surface area contributed by atoms with Crippen molar-refractivity contribution in [1.82, 2.24) is 4.90 Å². The Kier molecular flexibility index (Phi) is 8.28. The summed E-state index contributed by atoms with van der Waals surface area (Å²) in [5.41, 5.74) is 5.04. The highest BCUT2D eigenvalue weighted by atomic mass is 19.1. The molecule has 8 nitrogen and oxygen atoms in total. The Labute approximate surface area is 246 Å². The summed E-state index contributed by atoms with van der Waals surface area (Å²) in [7, 11) is 0. The fourth-order valence-electron chi connectivity index (χ4n) is 5.88. The van der Waals surface area contributed by atoms with E-state index in [1.807, 2.05) is 50.2 Å². The van der Waals surface area contributed by atoms with Crippen LogP contribution in [0.4, 0.5) is 21.5 Å². The number of benzene rings is 3. The summed E-state index contributed by atoms with van der Waals surface area (Å²) < 4.78 is 20.1. The zero-order chi connectivity index (χ0) is 29.1. The molecule has 3 aliphatic rings. The van der Waals surface area contributed by atoms with Gasteiger partial charge in [-0.15, -0.1) is 0 Å². The van der Waals surface area contributed by atoms with Gasteiger partial charge in [0.15, 0.2) is 0 Å².